The van der Waals surface area contributed by atoms with E-state index >= 15 is 0 Å². The van der Waals surface area contributed by atoms with Crippen LogP contribution in [0.4, 0.5) is 5.00 Å². The van der Waals surface area contributed by atoms with E-state index in [1.807, 2.05) is 49.6 Å². The molecule has 2 amide bonds. The van der Waals surface area contributed by atoms with Crippen molar-refractivity contribution in [3.63, 3.8) is 0 Å². The van der Waals surface area contributed by atoms with Crippen LogP contribution in [0.1, 0.15) is 53.3 Å². The predicted molar refractivity (Wildman–Crippen MR) is 149 cm³/mol. The summed E-state index contributed by atoms with van der Waals surface area (Å²) in [5.74, 6) is 0.258. The monoisotopic (exact) mass is 559 g/mol. The topological polar surface area (TPSA) is 116 Å². The summed E-state index contributed by atoms with van der Waals surface area (Å²) in [7, 11) is 1.60. The smallest absolute Gasteiger partial charge is 0.341 e. The van der Waals surface area contributed by atoms with Gasteiger partial charge in [0.05, 0.1) is 35.5 Å². The molecule has 0 aliphatic rings. The number of aromatic nitrogens is 3. The zero-order chi connectivity index (χ0) is 27.8. The highest BCUT2D eigenvalue weighted by molar-refractivity contribution is 7.99. The average molecular weight is 560 g/mol. The third-order valence-electron chi connectivity index (χ3n) is 5.84. The molecule has 2 aromatic heterocycles. The van der Waals surface area contributed by atoms with E-state index < -0.39 is 5.97 Å². The van der Waals surface area contributed by atoms with Crippen LogP contribution < -0.4 is 10.1 Å². The Hall–Kier alpha value is -3.38. The van der Waals surface area contributed by atoms with Crippen LogP contribution >= 0.6 is 23.1 Å². The zero-order valence-electron chi connectivity index (χ0n) is 22.5. The molecule has 12 heteroatoms. The van der Waals surface area contributed by atoms with Crippen molar-refractivity contribution in [3.05, 3.63) is 40.3 Å². The van der Waals surface area contributed by atoms with Gasteiger partial charge in [0.25, 0.3) is 5.91 Å². The van der Waals surface area contributed by atoms with Gasteiger partial charge in [-0.1, -0.05) is 23.9 Å². The van der Waals surface area contributed by atoms with Gasteiger partial charge in [0, 0.05) is 19.6 Å². The number of methoxy groups -OCH3 is 1. The first kappa shape index (κ1) is 29.2. The van der Waals surface area contributed by atoms with E-state index in [0.29, 0.717) is 51.8 Å². The summed E-state index contributed by atoms with van der Waals surface area (Å²) in [4.78, 5) is 40.8. The van der Waals surface area contributed by atoms with Crippen LogP contribution in [0.3, 0.4) is 0 Å². The highest BCUT2D eigenvalue weighted by atomic mass is 32.2. The van der Waals surface area contributed by atoms with Crippen molar-refractivity contribution in [1.82, 2.24) is 19.7 Å². The number of carbonyl (C=O) groups excluding carboxylic acids is 3. The maximum Gasteiger partial charge on any atom is 0.341 e. The fraction of sp³-hybridized carbons (Fsp3) is 0.423. The first-order chi connectivity index (χ1) is 18.3. The van der Waals surface area contributed by atoms with Crippen molar-refractivity contribution in [2.45, 2.75) is 46.3 Å². The second-order valence-electron chi connectivity index (χ2n) is 8.05. The van der Waals surface area contributed by atoms with E-state index in [-0.39, 0.29) is 29.7 Å². The minimum absolute atomic E-state index is 0.0304. The van der Waals surface area contributed by atoms with Crippen LogP contribution in [-0.4, -0.2) is 70.0 Å². The van der Waals surface area contributed by atoms with Gasteiger partial charge in [0.2, 0.25) is 5.91 Å². The third kappa shape index (κ3) is 6.18. The molecule has 0 aliphatic heterocycles. The number of rotatable bonds is 12. The van der Waals surface area contributed by atoms with Gasteiger partial charge in [-0.2, -0.15) is 0 Å². The van der Waals surface area contributed by atoms with Crippen LogP contribution in [0, 0.1) is 6.92 Å². The molecule has 0 atom stereocenters. The number of nitrogens with one attached hydrogen (secondary N) is 1. The van der Waals surface area contributed by atoms with Gasteiger partial charge < -0.3 is 24.3 Å². The van der Waals surface area contributed by atoms with E-state index in [1.165, 1.54) is 11.8 Å². The Balaban J connectivity index is 1.82. The normalized spacial score (nSPS) is 10.8. The van der Waals surface area contributed by atoms with Crippen molar-refractivity contribution in [1.29, 1.82) is 0 Å². The largest absolute Gasteiger partial charge is 0.496 e. The van der Waals surface area contributed by atoms with E-state index in [4.69, 9.17) is 9.47 Å². The number of hydrogen-bond donors (Lipinski definition) is 1. The highest BCUT2D eigenvalue weighted by Gasteiger charge is 2.28. The van der Waals surface area contributed by atoms with Crippen LogP contribution in [0.5, 0.6) is 5.75 Å². The number of thiophene rings is 1. The summed E-state index contributed by atoms with van der Waals surface area (Å²) in [5.41, 5.74) is 1.51. The van der Waals surface area contributed by atoms with Crippen LogP contribution in [0.15, 0.2) is 29.4 Å². The summed E-state index contributed by atoms with van der Waals surface area (Å²) in [6.45, 7) is 11.0. The van der Waals surface area contributed by atoms with Crippen molar-refractivity contribution >= 4 is 45.9 Å². The standard InChI is InChI=1S/C26H33N5O5S2/c1-7-30(8-2)24(33)21-16(5)20(25(34)36-10-4)23(38-21)27-19(32)15-37-26-29-28-22(31(26)9-3)17-13-11-12-14-18(17)35-6/h11-14H,7-10,15H2,1-6H3,(H,27,32). The van der Waals surface area contributed by atoms with E-state index in [9.17, 15) is 14.4 Å². The molecule has 0 unspecified atom stereocenters. The molecule has 2 heterocycles. The van der Waals surface area contributed by atoms with Gasteiger partial charge in [-0.25, -0.2) is 4.79 Å². The van der Waals surface area contributed by atoms with Crippen molar-refractivity contribution in [3.8, 4) is 17.1 Å². The predicted octanol–water partition coefficient (Wildman–Crippen LogP) is 4.73. The Morgan fingerprint density at radius 2 is 1.82 bits per heavy atom. The molecule has 0 saturated heterocycles. The molecule has 10 nitrogen and oxygen atoms in total. The molecule has 0 saturated carbocycles. The second kappa shape index (κ2) is 13.4. The molecular formula is C26H33N5O5S2. The lowest BCUT2D eigenvalue weighted by Gasteiger charge is -2.18. The van der Waals surface area contributed by atoms with Crippen LogP contribution in [0.2, 0.25) is 0 Å². The fourth-order valence-electron chi connectivity index (χ4n) is 3.91. The number of amides is 2. The summed E-state index contributed by atoms with van der Waals surface area (Å²) in [6.07, 6.45) is 0. The Labute approximate surface area is 230 Å². The fourth-order valence-corrected chi connectivity index (χ4v) is 5.89. The SMILES string of the molecule is CCOC(=O)c1c(NC(=O)CSc2nnc(-c3ccccc3OC)n2CC)sc(C(=O)N(CC)CC)c1C. The van der Waals surface area contributed by atoms with Gasteiger partial charge in [-0.3, -0.25) is 9.59 Å². The van der Waals surface area contributed by atoms with Crippen molar-refractivity contribution in [2.75, 3.05) is 37.9 Å². The van der Waals surface area contributed by atoms with Crippen molar-refractivity contribution < 1.29 is 23.9 Å². The minimum Gasteiger partial charge on any atom is -0.496 e. The van der Waals surface area contributed by atoms with Gasteiger partial charge >= 0.3 is 5.97 Å². The number of hydrogen-bond acceptors (Lipinski definition) is 9. The molecular weight excluding hydrogens is 526 g/mol. The van der Waals surface area contributed by atoms with Crippen LogP contribution in [0.25, 0.3) is 11.4 Å². The number of para-hydroxylation sites is 1. The van der Waals surface area contributed by atoms with Crippen LogP contribution in [-0.2, 0) is 16.1 Å². The maximum absolute atomic E-state index is 13.0. The van der Waals surface area contributed by atoms with E-state index in [0.717, 1.165) is 16.9 Å². The average Bonchev–Trinajstić information content (AvgIpc) is 3.48. The molecule has 1 aromatic carbocycles. The zero-order valence-corrected chi connectivity index (χ0v) is 24.1. The van der Waals surface area contributed by atoms with Gasteiger partial charge in [0.1, 0.15) is 10.8 Å². The number of anilines is 1. The molecule has 1 N–H and O–H groups in total. The van der Waals surface area contributed by atoms with Crippen molar-refractivity contribution in [2.24, 2.45) is 0 Å². The number of thioether (sulfide) groups is 1. The number of ether oxygens (including phenoxy) is 2. The third-order valence-corrected chi connectivity index (χ3v) is 8.00. The molecule has 38 heavy (non-hydrogen) atoms. The minimum atomic E-state index is -0.574. The van der Waals surface area contributed by atoms with Gasteiger partial charge in [-0.05, 0) is 52.3 Å². The summed E-state index contributed by atoms with van der Waals surface area (Å²) in [5, 5.41) is 12.3. The van der Waals surface area contributed by atoms with E-state index in [1.54, 1.807) is 25.9 Å². The molecule has 0 fully saturated rings. The Morgan fingerprint density at radius 3 is 2.45 bits per heavy atom. The maximum atomic E-state index is 13.0. The molecule has 0 spiro atoms. The molecule has 0 radical (unpaired) electrons. The number of nitrogens with zero attached hydrogens (tertiary/aromatic N) is 4. The molecule has 0 bridgehead atoms. The summed E-state index contributed by atoms with van der Waals surface area (Å²) >= 11 is 2.32. The molecule has 0 aliphatic carbocycles. The molecule has 3 aromatic rings. The van der Waals surface area contributed by atoms with Gasteiger partial charge in [-0.15, -0.1) is 21.5 Å². The summed E-state index contributed by atoms with van der Waals surface area (Å²) < 4.78 is 12.6. The highest BCUT2D eigenvalue weighted by Crippen LogP contribution is 2.35. The number of carbonyl (C=O) groups is 3. The second-order valence-corrected chi connectivity index (χ2v) is 10.0. The quantitative estimate of drug-likeness (QED) is 0.250. The van der Waals surface area contributed by atoms with E-state index in [2.05, 4.69) is 15.5 Å². The number of esters is 1. The van der Waals surface area contributed by atoms with Gasteiger partial charge in [0.15, 0.2) is 11.0 Å². The molecule has 204 valence electrons. The lowest BCUT2D eigenvalue weighted by molar-refractivity contribution is -0.113. The first-order valence-electron chi connectivity index (χ1n) is 12.4. The Kier molecular flexibility index (Phi) is 10.3. The first-order valence-corrected chi connectivity index (χ1v) is 14.2. The Morgan fingerprint density at radius 1 is 1.11 bits per heavy atom. The molecule has 3 rings (SSSR count). The lowest BCUT2D eigenvalue weighted by atomic mass is 10.1. The summed E-state index contributed by atoms with van der Waals surface area (Å²) in [6, 6.07) is 7.54. The number of benzene rings is 1. The lowest BCUT2D eigenvalue weighted by Crippen LogP contribution is -2.30. The Bertz CT molecular complexity index is 1300.